The van der Waals surface area contributed by atoms with E-state index in [1.165, 1.54) is 11.8 Å². The molecule has 0 spiro atoms. The summed E-state index contributed by atoms with van der Waals surface area (Å²) in [7, 11) is 0. The molecule has 11 heteroatoms. The fourth-order valence-electron chi connectivity index (χ4n) is 3.83. The molecular formula is C23H25N5O4S2. The highest BCUT2D eigenvalue weighted by molar-refractivity contribution is 8.00. The molecule has 9 nitrogen and oxygen atoms in total. The minimum atomic E-state index is -0.449. The van der Waals surface area contributed by atoms with Gasteiger partial charge in [-0.25, -0.2) is 14.6 Å². The summed E-state index contributed by atoms with van der Waals surface area (Å²) in [4.78, 5) is 50.4. The number of hydrogen-bond donors (Lipinski definition) is 1. The van der Waals surface area contributed by atoms with Gasteiger partial charge in [0, 0.05) is 23.7 Å². The number of aryl methyl sites for hydroxylation is 1. The SMILES string of the molecule is CCOC(=O)c1sc(NC(=O)CSc2nc(=O)n(Cc3ccncc3)c3c2CCCC3)nc1C. The average Bonchev–Trinajstić information content (AvgIpc) is 3.20. The highest BCUT2D eigenvalue weighted by Gasteiger charge is 2.22. The molecule has 1 N–H and O–H groups in total. The van der Waals surface area contributed by atoms with Crippen LogP contribution in [-0.4, -0.2) is 43.8 Å². The van der Waals surface area contributed by atoms with Gasteiger partial charge in [-0.15, -0.1) is 0 Å². The van der Waals surface area contributed by atoms with Crippen molar-refractivity contribution in [2.75, 3.05) is 17.7 Å². The van der Waals surface area contributed by atoms with Crippen molar-refractivity contribution in [3.8, 4) is 0 Å². The summed E-state index contributed by atoms with van der Waals surface area (Å²) in [6.45, 7) is 4.16. The van der Waals surface area contributed by atoms with Gasteiger partial charge in [0.05, 0.1) is 24.6 Å². The second-order valence-electron chi connectivity index (χ2n) is 7.76. The van der Waals surface area contributed by atoms with Crippen LogP contribution in [0, 0.1) is 6.92 Å². The fraction of sp³-hybridized carbons (Fsp3) is 0.391. The maximum absolute atomic E-state index is 12.9. The Hall–Kier alpha value is -3.05. The zero-order valence-electron chi connectivity index (χ0n) is 19.0. The zero-order chi connectivity index (χ0) is 24.1. The predicted octanol–water partition coefficient (Wildman–Crippen LogP) is 3.24. The number of esters is 1. The number of thiazole rings is 1. The molecule has 3 aromatic rings. The van der Waals surface area contributed by atoms with Gasteiger partial charge < -0.3 is 10.1 Å². The van der Waals surface area contributed by atoms with Crippen LogP contribution in [0.3, 0.4) is 0 Å². The topological polar surface area (TPSA) is 116 Å². The van der Waals surface area contributed by atoms with Crippen molar-refractivity contribution >= 4 is 40.1 Å². The monoisotopic (exact) mass is 499 g/mol. The number of pyridine rings is 1. The summed E-state index contributed by atoms with van der Waals surface area (Å²) in [6.07, 6.45) is 7.11. The third kappa shape index (κ3) is 5.53. The van der Waals surface area contributed by atoms with Crippen molar-refractivity contribution in [1.82, 2.24) is 19.5 Å². The molecule has 0 radical (unpaired) electrons. The van der Waals surface area contributed by atoms with E-state index < -0.39 is 5.97 Å². The van der Waals surface area contributed by atoms with E-state index >= 15 is 0 Å². The molecule has 0 bridgehead atoms. The van der Waals surface area contributed by atoms with E-state index in [0.717, 1.165) is 53.8 Å². The van der Waals surface area contributed by atoms with Gasteiger partial charge >= 0.3 is 11.7 Å². The quantitative estimate of drug-likeness (QED) is 0.285. The second-order valence-corrected chi connectivity index (χ2v) is 9.73. The van der Waals surface area contributed by atoms with E-state index in [1.54, 1.807) is 30.8 Å². The molecule has 0 fully saturated rings. The maximum Gasteiger partial charge on any atom is 0.350 e. The normalized spacial score (nSPS) is 12.8. The van der Waals surface area contributed by atoms with Crippen LogP contribution in [0.5, 0.6) is 0 Å². The maximum atomic E-state index is 12.9. The number of carbonyl (C=O) groups excluding carboxylic acids is 2. The highest BCUT2D eigenvalue weighted by atomic mass is 32.2. The lowest BCUT2D eigenvalue weighted by Crippen LogP contribution is -2.30. The van der Waals surface area contributed by atoms with Crippen LogP contribution in [0.15, 0.2) is 34.3 Å². The van der Waals surface area contributed by atoms with Crippen molar-refractivity contribution in [2.24, 2.45) is 0 Å². The Morgan fingerprint density at radius 1 is 1.21 bits per heavy atom. The number of carbonyl (C=O) groups is 2. The highest BCUT2D eigenvalue weighted by Crippen LogP contribution is 2.29. The summed E-state index contributed by atoms with van der Waals surface area (Å²) in [5.41, 5.74) is 3.25. The number of hydrogen-bond acceptors (Lipinski definition) is 9. The molecular weight excluding hydrogens is 474 g/mol. The molecule has 3 heterocycles. The van der Waals surface area contributed by atoms with Crippen LogP contribution in [0.2, 0.25) is 0 Å². The minimum absolute atomic E-state index is 0.0839. The van der Waals surface area contributed by atoms with Crippen LogP contribution in [-0.2, 0) is 28.9 Å². The van der Waals surface area contributed by atoms with Crippen LogP contribution in [0.1, 0.15) is 52.0 Å². The summed E-state index contributed by atoms with van der Waals surface area (Å²) < 4.78 is 6.75. The minimum Gasteiger partial charge on any atom is -0.462 e. The second kappa shape index (κ2) is 10.9. The summed E-state index contributed by atoms with van der Waals surface area (Å²) >= 11 is 2.34. The largest absolute Gasteiger partial charge is 0.462 e. The van der Waals surface area contributed by atoms with Gasteiger partial charge in [-0.05, 0) is 57.2 Å². The number of thioether (sulfide) groups is 1. The van der Waals surface area contributed by atoms with Crippen molar-refractivity contribution < 1.29 is 14.3 Å². The molecule has 1 aliphatic carbocycles. The van der Waals surface area contributed by atoms with E-state index in [9.17, 15) is 14.4 Å². The molecule has 0 aromatic carbocycles. The standard InChI is InChI=1S/C23H25N5O4S2/c1-3-32-21(30)19-14(2)25-22(34-19)26-18(29)13-33-20-16-6-4-5-7-17(16)28(23(31)27-20)12-15-8-10-24-11-9-15/h8-11H,3-7,12-13H2,1-2H3,(H,25,26,29). The molecule has 0 saturated heterocycles. The van der Waals surface area contributed by atoms with Gasteiger partial charge in [0.25, 0.3) is 0 Å². The molecule has 178 valence electrons. The number of anilines is 1. The molecule has 0 atom stereocenters. The van der Waals surface area contributed by atoms with Crippen LogP contribution in [0.25, 0.3) is 0 Å². The molecule has 0 aliphatic heterocycles. The Labute approximate surface area is 205 Å². The Kier molecular flexibility index (Phi) is 7.73. The number of nitrogens with one attached hydrogen (secondary N) is 1. The number of amides is 1. The summed E-state index contributed by atoms with van der Waals surface area (Å²) in [5, 5.41) is 3.69. The van der Waals surface area contributed by atoms with E-state index in [2.05, 4.69) is 20.3 Å². The van der Waals surface area contributed by atoms with Crippen LogP contribution in [0.4, 0.5) is 5.13 Å². The van der Waals surface area contributed by atoms with Gasteiger partial charge in [0.15, 0.2) is 5.13 Å². The molecule has 0 unspecified atom stereocenters. The first-order chi connectivity index (χ1) is 16.5. The van der Waals surface area contributed by atoms with E-state index in [4.69, 9.17) is 4.74 Å². The third-order valence-corrected chi connectivity index (χ3v) is 7.46. The van der Waals surface area contributed by atoms with E-state index in [0.29, 0.717) is 27.3 Å². The third-order valence-electron chi connectivity index (χ3n) is 5.38. The van der Waals surface area contributed by atoms with Crippen molar-refractivity contribution in [1.29, 1.82) is 0 Å². The van der Waals surface area contributed by atoms with Crippen LogP contribution >= 0.6 is 23.1 Å². The Balaban J connectivity index is 1.47. The average molecular weight is 500 g/mol. The first-order valence-corrected chi connectivity index (χ1v) is 12.8. The number of ether oxygens (including phenoxy) is 1. The Morgan fingerprint density at radius 3 is 2.74 bits per heavy atom. The van der Waals surface area contributed by atoms with Gasteiger partial charge in [-0.3, -0.25) is 14.3 Å². The molecule has 1 aliphatic rings. The number of fused-ring (bicyclic) bond motifs is 1. The number of rotatable bonds is 8. The lowest BCUT2D eigenvalue weighted by atomic mass is 9.97. The van der Waals surface area contributed by atoms with Crippen molar-refractivity contribution in [3.63, 3.8) is 0 Å². The van der Waals surface area contributed by atoms with Crippen LogP contribution < -0.4 is 11.0 Å². The smallest absolute Gasteiger partial charge is 0.350 e. The Bertz CT molecular complexity index is 1260. The molecule has 34 heavy (non-hydrogen) atoms. The van der Waals surface area contributed by atoms with E-state index in [1.807, 2.05) is 12.1 Å². The van der Waals surface area contributed by atoms with E-state index in [-0.39, 0.29) is 24.0 Å². The van der Waals surface area contributed by atoms with Gasteiger partial charge in [0.2, 0.25) is 5.91 Å². The predicted molar refractivity (Wildman–Crippen MR) is 131 cm³/mol. The summed E-state index contributed by atoms with van der Waals surface area (Å²) in [5.74, 6) is -0.641. The number of nitrogens with zero attached hydrogens (tertiary/aromatic N) is 4. The van der Waals surface area contributed by atoms with Gasteiger partial charge in [-0.1, -0.05) is 23.1 Å². The lowest BCUT2D eigenvalue weighted by molar-refractivity contribution is -0.113. The zero-order valence-corrected chi connectivity index (χ0v) is 20.6. The molecule has 3 aromatic heterocycles. The first kappa shape index (κ1) is 24.1. The number of aromatic nitrogens is 4. The fourth-order valence-corrected chi connectivity index (χ4v) is 5.58. The summed E-state index contributed by atoms with van der Waals surface area (Å²) in [6, 6.07) is 3.78. The van der Waals surface area contributed by atoms with Gasteiger partial charge in [-0.2, -0.15) is 4.98 Å². The first-order valence-electron chi connectivity index (χ1n) is 11.0. The molecule has 1 amide bonds. The van der Waals surface area contributed by atoms with Crippen molar-refractivity contribution in [3.05, 3.63) is 62.4 Å². The Morgan fingerprint density at radius 2 is 1.97 bits per heavy atom. The lowest BCUT2D eigenvalue weighted by Gasteiger charge is -2.22. The van der Waals surface area contributed by atoms with Gasteiger partial charge in [0.1, 0.15) is 9.90 Å². The molecule has 0 saturated carbocycles. The molecule has 4 rings (SSSR count). The van der Waals surface area contributed by atoms with Crippen molar-refractivity contribution in [2.45, 2.75) is 51.1 Å².